The van der Waals surface area contributed by atoms with E-state index in [0.29, 0.717) is 33.5 Å². The van der Waals surface area contributed by atoms with Crippen LogP contribution in [0.4, 0.5) is 5.69 Å². The number of halogens is 1. The van der Waals surface area contributed by atoms with E-state index in [0.717, 1.165) is 0 Å². The Balaban J connectivity index is 1.59. The van der Waals surface area contributed by atoms with Gasteiger partial charge in [-0.3, -0.25) is 10.1 Å². The predicted octanol–water partition coefficient (Wildman–Crippen LogP) is 3.98. The summed E-state index contributed by atoms with van der Waals surface area (Å²) < 4.78 is 10.9. The van der Waals surface area contributed by atoms with E-state index in [4.69, 9.17) is 38.1 Å². The number of anilines is 1. The number of ether oxygens (including phenoxy) is 1. The molecule has 0 atom stereocenters. The lowest BCUT2D eigenvalue weighted by Gasteiger charge is -2.11. The number of thiocarbonyl (C=S) groups is 1. The number of furan rings is 1. The number of rotatable bonds is 6. The summed E-state index contributed by atoms with van der Waals surface area (Å²) >= 11 is 11.4. The molecule has 144 valence electrons. The Morgan fingerprint density at radius 1 is 1.14 bits per heavy atom. The van der Waals surface area contributed by atoms with Crippen molar-refractivity contribution in [3.63, 3.8) is 0 Å². The van der Waals surface area contributed by atoms with Crippen molar-refractivity contribution in [2.45, 2.75) is 6.61 Å². The molecule has 28 heavy (non-hydrogen) atoms. The Hall–Kier alpha value is -2.87. The van der Waals surface area contributed by atoms with E-state index in [1.54, 1.807) is 42.5 Å². The minimum atomic E-state index is -0.380. The number of nitrogens with one attached hydrogen (secondary N) is 2. The summed E-state index contributed by atoms with van der Waals surface area (Å²) in [5.74, 6) is 1.17. The van der Waals surface area contributed by atoms with Crippen LogP contribution in [0.1, 0.15) is 5.76 Å². The van der Waals surface area contributed by atoms with Crippen LogP contribution in [0.2, 0.25) is 5.02 Å². The van der Waals surface area contributed by atoms with Crippen molar-refractivity contribution in [2.24, 2.45) is 0 Å². The van der Waals surface area contributed by atoms with Crippen molar-refractivity contribution >= 4 is 40.5 Å². The van der Waals surface area contributed by atoms with Crippen LogP contribution in [0.25, 0.3) is 11.3 Å². The molecule has 0 saturated carbocycles. The van der Waals surface area contributed by atoms with E-state index >= 15 is 0 Å². The summed E-state index contributed by atoms with van der Waals surface area (Å²) in [6, 6.07) is 17.6. The van der Waals surface area contributed by atoms with Crippen LogP contribution in [0.15, 0.2) is 65.1 Å². The first kappa shape index (κ1) is 19.9. The van der Waals surface area contributed by atoms with Gasteiger partial charge in [-0.05, 0) is 54.7 Å². The normalized spacial score (nSPS) is 10.4. The summed E-state index contributed by atoms with van der Waals surface area (Å²) in [5, 5.41) is 15.2. The Morgan fingerprint density at radius 2 is 1.93 bits per heavy atom. The summed E-state index contributed by atoms with van der Waals surface area (Å²) in [6.45, 7) is -0.356. The molecule has 3 aromatic rings. The molecule has 0 unspecified atom stereocenters. The van der Waals surface area contributed by atoms with Gasteiger partial charge in [-0.1, -0.05) is 29.8 Å². The van der Waals surface area contributed by atoms with Gasteiger partial charge in [0.1, 0.15) is 23.9 Å². The zero-order valence-corrected chi connectivity index (χ0v) is 16.2. The maximum Gasteiger partial charge on any atom is 0.264 e. The molecule has 0 radical (unpaired) electrons. The average Bonchev–Trinajstić information content (AvgIpc) is 3.17. The number of carbonyl (C=O) groups is 1. The largest absolute Gasteiger partial charge is 0.484 e. The van der Waals surface area contributed by atoms with Crippen LogP contribution in [-0.4, -0.2) is 22.7 Å². The maximum atomic E-state index is 12.0. The molecule has 0 aliphatic rings. The van der Waals surface area contributed by atoms with E-state index in [2.05, 4.69) is 10.6 Å². The van der Waals surface area contributed by atoms with Gasteiger partial charge in [0.2, 0.25) is 0 Å². The molecule has 3 rings (SSSR count). The Kier molecular flexibility index (Phi) is 6.65. The Morgan fingerprint density at radius 3 is 2.64 bits per heavy atom. The second kappa shape index (κ2) is 9.36. The number of hydrogen-bond acceptors (Lipinski definition) is 5. The SMILES string of the molecule is O=C(COc1ccccc1)NC(=S)Nc1ccc(Cl)c(-c2ccc(CO)o2)c1. The lowest BCUT2D eigenvalue weighted by atomic mass is 10.1. The number of carbonyl (C=O) groups excluding carboxylic acids is 1. The minimum absolute atomic E-state index is 0.130. The smallest absolute Gasteiger partial charge is 0.264 e. The predicted molar refractivity (Wildman–Crippen MR) is 111 cm³/mol. The van der Waals surface area contributed by atoms with Crippen molar-refractivity contribution in [1.29, 1.82) is 0 Å². The summed E-state index contributed by atoms with van der Waals surface area (Å²) in [6.07, 6.45) is 0. The number of hydrogen-bond donors (Lipinski definition) is 3. The molecule has 1 heterocycles. The monoisotopic (exact) mass is 416 g/mol. The molecule has 0 aliphatic carbocycles. The lowest BCUT2D eigenvalue weighted by Crippen LogP contribution is -2.37. The maximum absolute atomic E-state index is 12.0. The first-order valence-corrected chi connectivity index (χ1v) is 9.12. The fourth-order valence-corrected chi connectivity index (χ4v) is 2.83. The zero-order chi connectivity index (χ0) is 19.9. The number of para-hydroxylation sites is 1. The van der Waals surface area contributed by atoms with Crippen LogP contribution in [0, 0.1) is 0 Å². The molecular weight excluding hydrogens is 400 g/mol. The van der Waals surface area contributed by atoms with Crippen molar-refractivity contribution in [2.75, 3.05) is 11.9 Å². The highest BCUT2D eigenvalue weighted by Crippen LogP contribution is 2.32. The molecule has 1 aromatic heterocycles. The summed E-state index contributed by atoms with van der Waals surface area (Å²) in [5.41, 5.74) is 1.25. The van der Waals surface area contributed by atoms with Crippen molar-refractivity contribution in [3.05, 3.63) is 71.4 Å². The van der Waals surface area contributed by atoms with Crippen LogP contribution in [0.3, 0.4) is 0 Å². The minimum Gasteiger partial charge on any atom is -0.484 e. The molecule has 1 amide bonds. The molecule has 8 heteroatoms. The first-order valence-electron chi connectivity index (χ1n) is 8.33. The first-order chi connectivity index (χ1) is 13.5. The molecule has 0 saturated heterocycles. The van der Waals surface area contributed by atoms with E-state index in [1.807, 2.05) is 18.2 Å². The van der Waals surface area contributed by atoms with Crippen LogP contribution >= 0.6 is 23.8 Å². The van der Waals surface area contributed by atoms with Gasteiger partial charge < -0.3 is 19.6 Å². The highest BCUT2D eigenvalue weighted by molar-refractivity contribution is 7.80. The molecular formula is C20H17ClN2O4S. The van der Waals surface area contributed by atoms with Crippen molar-refractivity contribution < 1.29 is 19.1 Å². The van der Waals surface area contributed by atoms with Crippen molar-refractivity contribution in [1.82, 2.24) is 5.32 Å². The van der Waals surface area contributed by atoms with Gasteiger partial charge in [0.25, 0.3) is 5.91 Å². The Bertz CT molecular complexity index is 975. The topological polar surface area (TPSA) is 83.7 Å². The summed E-state index contributed by atoms with van der Waals surface area (Å²) in [4.78, 5) is 12.0. The third-order valence-electron chi connectivity index (χ3n) is 3.67. The second-order valence-corrected chi connectivity index (χ2v) is 6.54. The van der Waals surface area contributed by atoms with Gasteiger partial charge in [-0.25, -0.2) is 0 Å². The van der Waals surface area contributed by atoms with Gasteiger partial charge >= 0.3 is 0 Å². The van der Waals surface area contributed by atoms with Gasteiger partial charge in [-0.2, -0.15) is 0 Å². The fourth-order valence-electron chi connectivity index (χ4n) is 2.39. The van der Waals surface area contributed by atoms with Gasteiger partial charge in [-0.15, -0.1) is 0 Å². The molecule has 0 aliphatic heterocycles. The molecule has 6 nitrogen and oxygen atoms in total. The third kappa shape index (κ3) is 5.32. The molecule has 3 N–H and O–H groups in total. The molecule has 2 aromatic carbocycles. The van der Waals surface area contributed by atoms with E-state index in [-0.39, 0.29) is 24.2 Å². The van der Waals surface area contributed by atoms with Crippen LogP contribution < -0.4 is 15.4 Å². The van der Waals surface area contributed by atoms with E-state index in [9.17, 15) is 4.79 Å². The quantitative estimate of drug-likeness (QED) is 0.527. The Labute approximate surface area is 172 Å². The number of aliphatic hydroxyl groups is 1. The lowest BCUT2D eigenvalue weighted by molar-refractivity contribution is -0.121. The molecule has 0 bridgehead atoms. The van der Waals surface area contributed by atoms with Gasteiger partial charge in [0.05, 0.1) is 5.02 Å². The van der Waals surface area contributed by atoms with E-state index in [1.165, 1.54) is 0 Å². The fraction of sp³-hybridized carbons (Fsp3) is 0.100. The molecule has 0 fully saturated rings. The molecule has 0 spiro atoms. The number of aliphatic hydroxyl groups excluding tert-OH is 1. The standard InChI is InChI=1S/C20H17ClN2O4S/c21-17-8-6-13(10-16(17)18-9-7-15(11-24)27-18)22-20(28)23-19(25)12-26-14-4-2-1-3-5-14/h1-10,24H,11-12H2,(H2,22,23,25,28). The van der Waals surface area contributed by atoms with Crippen molar-refractivity contribution in [3.8, 4) is 17.1 Å². The van der Waals surface area contributed by atoms with E-state index < -0.39 is 0 Å². The number of benzene rings is 2. The zero-order valence-electron chi connectivity index (χ0n) is 14.6. The average molecular weight is 417 g/mol. The third-order valence-corrected chi connectivity index (χ3v) is 4.21. The number of amides is 1. The highest BCUT2D eigenvalue weighted by Gasteiger charge is 2.11. The second-order valence-electron chi connectivity index (χ2n) is 5.72. The van der Waals surface area contributed by atoms with Gasteiger partial charge in [0, 0.05) is 11.3 Å². The summed E-state index contributed by atoms with van der Waals surface area (Å²) in [7, 11) is 0. The van der Waals surface area contributed by atoms with Crippen LogP contribution in [-0.2, 0) is 11.4 Å². The van der Waals surface area contributed by atoms with Crippen LogP contribution in [0.5, 0.6) is 5.75 Å². The highest BCUT2D eigenvalue weighted by atomic mass is 35.5. The van der Waals surface area contributed by atoms with Gasteiger partial charge in [0.15, 0.2) is 11.7 Å².